The summed E-state index contributed by atoms with van der Waals surface area (Å²) in [5.74, 6) is -10.6. The van der Waals surface area contributed by atoms with Crippen LogP contribution in [0.3, 0.4) is 0 Å². The molecule has 0 aliphatic carbocycles. The summed E-state index contributed by atoms with van der Waals surface area (Å²) >= 11 is 0. The van der Waals surface area contributed by atoms with Crippen LogP contribution in [0.4, 0.5) is 44.7 Å². The van der Waals surface area contributed by atoms with Gasteiger partial charge in [-0.05, 0) is 94.8 Å². The number of rotatable bonds is 3. The molecule has 5 heterocycles. The molecule has 0 atom stereocenters. The highest BCUT2D eigenvalue weighted by Gasteiger charge is 2.30. The van der Waals surface area contributed by atoms with E-state index in [1.807, 2.05) is 90.1 Å². The third kappa shape index (κ3) is 6.08. The van der Waals surface area contributed by atoms with Gasteiger partial charge >= 0.3 is 0 Å². The quantitative estimate of drug-likeness (QED) is 0.0409. The van der Waals surface area contributed by atoms with Crippen LogP contribution in [0.15, 0.2) is 60.7 Å². The molecule has 0 saturated heterocycles. The number of aromatic amines is 3. The highest BCUT2D eigenvalue weighted by molar-refractivity contribution is 6.05. The van der Waals surface area contributed by atoms with E-state index in [1.165, 1.54) is 12.1 Å². The van der Waals surface area contributed by atoms with Gasteiger partial charge in [-0.1, -0.05) is 41.5 Å². The zero-order valence-corrected chi connectivity index (χ0v) is 32.6. The predicted octanol–water partition coefficient (Wildman–Crippen LogP) is 11.3. The van der Waals surface area contributed by atoms with Gasteiger partial charge in [-0.2, -0.15) is 0 Å². The van der Waals surface area contributed by atoms with E-state index in [9.17, 15) is 4.39 Å². The Bertz CT molecular complexity index is 2950. The second kappa shape index (κ2) is 13.2. The Morgan fingerprint density at radius 2 is 0.690 bits per heavy atom. The number of nitrogen functional groups attached to an aromatic ring is 4. The van der Waals surface area contributed by atoms with E-state index in [2.05, 4.69) is 15.0 Å². The fourth-order valence-corrected chi connectivity index (χ4v) is 7.58. The van der Waals surface area contributed by atoms with Crippen molar-refractivity contribution in [3.63, 3.8) is 0 Å². The number of aromatic nitrogens is 4. The lowest BCUT2D eigenvalue weighted by molar-refractivity contribution is 0.381. The monoisotopic (exact) mass is 788 g/mol. The molecule has 8 rings (SSSR count). The van der Waals surface area contributed by atoms with E-state index in [0.29, 0.717) is 72.6 Å². The summed E-state index contributed by atoms with van der Waals surface area (Å²) in [4.78, 5) is 14.9. The summed E-state index contributed by atoms with van der Waals surface area (Å²) < 4.78 is 76.4. The molecule has 7 aromatic rings. The maximum atomic E-state index is 15.9. The minimum absolute atomic E-state index is 0.0119. The molecular formula is C45H41F5N8. The average Bonchev–Trinajstić information content (AvgIpc) is 3.98. The van der Waals surface area contributed by atoms with Crippen molar-refractivity contribution in [1.29, 1.82) is 0 Å². The topological polar surface area (TPSA) is 164 Å². The highest BCUT2D eigenvalue weighted by atomic mass is 19.2. The Hall–Kier alpha value is -6.76. The zero-order chi connectivity index (χ0) is 41.7. The first-order valence-electron chi connectivity index (χ1n) is 18.5. The summed E-state index contributed by atoms with van der Waals surface area (Å²) in [7, 11) is 0. The van der Waals surface area contributed by atoms with Crippen molar-refractivity contribution in [2.24, 2.45) is 0 Å². The minimum atomic E-state index is -2.29. The van der Waals surface area contributed by atoms with Gasteiger partial charge in [-0.15, -0.1) is 0 Å². The van der Waals surface area contributed by atoms with Crippen molar-refractivity contribution in [2.45, 2.75) is 52.4 Å². The third-order valence-corrected chi connectivity index (χ3v) is 10.7. The largest absolute Gasteiger partial charge is 0.398 e. The Morgan fingerprint density at radius 3 is 1.07 bits per heavy atom. The lowest BCUT2D eigenvalue weighted by Crippen LogP contribution is -2.13. The fraction of sp³-hybridized carbons (Fsp3) is 0.178. The first kappa shape index (κ1) is 38.1. The molecule has 11 N–H and O–H groups in total. The second-order valence-electron chi connectivity index (χ2n) is 16.7. The molecule has 0 fully saturated rings. The van der Waals surface area contributed by atoms with E-state index in [4.69, 9.17) is 27.9 Å². The van der Waals surface area contributed by atoms with Crippen LogP contribution in [0.1, 0.15) is 64.1 Å². The smallest absolute Gasteiger partial charge is 0.200 e. The zero-order valence-electron chi connectivity index (χ0n) is 32.6. The Morgan fingerprint density at radius 1 is 0.397 bits per heavy atom. The lowest BCUT2D eigenvalue weighted by Gasteiger charge is -2.22. The van der Waals surface area contributed by atoms with Crippen LogP contribution in [0.25, 0.3) is 78.6 Å². The number of benzene rings is 3. The van der Waals surface area contributed by atoms with Gasteiger partial charge in [-0.3, -0.25) is 0 Å². The van der Waals surface area contributed by atoms with Gasteiger partial charge in [-0.25, -0.2) is 26.9 Å². The Balaban J connectivity index is 1.59. The van der Waals surface area contributed by atoms with E-state index >= 15 is 17.6 Å². The highest BCUT2D eigenvalue weighted by Crippen LogP contribution is 2.44. The van der Waals surface area contributed by atoms with Gasteiger partial charge in [0.25, 0.3) is 0 Å². The summed E-state index contributed by atoms with van der Waals surface area (Å²) in [6, 6.07) is 17.8. The van der Waals surface area contributed by atoms with E-state index in [1.54, 1.807) is 12.1 Å². The van der Waals surface area contributed by atoms with Gasteiger partial charge in [0.2, 0.25) is 5.82 Å². The number of nitrogens with zero attached hydrogens (tertiary/aromatic N) is 1. The molecule has 1 aliphatic heterocycles. The summed E-state index contributed by atoms with van der Waals surface area (Å²) in [5.41, 5.74) is 32.9. The summed E-state index contributed by atoms with van der Waals surface area (Å²) in [5, 5.41) is 0. The van der Waals surface area contributed by atoms with Gasteiger partial charge in [0.1, 0.15) is 0 Å². The van der Waals surface area contributed by atoms with Crippen LogP contribution < -0.4 is 22.9 Å². The molecular weight excluding hydrogens is 748 g/mol. The molecule has 0 spiro atoms. The average molecular weight is 789 g/mol. The third-order valence-electron chi connectivity index (χ3n) is 10.7. The first-order chi connectivity index (χ1) is 27.2. The maximum Gasteiger partial charge on any atom is 0.200 e. The Labute approximate surface area is 330 Å². The van der Waals surface area contributed by atoms with Crippen molar-refractivity contribution in [3.05, 3.63) is 112 Å². The number of H-pyrrole nitrogens is 3. The molecule has 0 radical (unpaired) electrons. The van der Waals surface area contributed by atoms with E-state index in [0.717, 1.165) is 11.1 Å². The van der Waals surface area contributed by atoms with Crippen molar-refractivity contribution in [2.75, 3.05) is 22.9 Å². The normalized spacial score (nSPS) is 12.6. The van der Waals surface area contributed by atoms with Gasteiger partial charge in [0.05, 0.1) is 28.0 Å². The number of fused-ring (bicyclic) bond motifs is 9. The number of hydrogen-bond donors (Lipinski definition) is 7. The van der Waals surface area contributed by atoms with Crippen molar-refractivity contribution in [1.82, 2.24) is 19.9 Å². The van der Waals surface area contributed by atoms with Gasteiger partial charge < -0.3 is 37.9 Å². The molecule has 58 heavy (non-hydrogen) atoms. The molecule has 0 saturated carbocycles. The molecule has 0 amide bonds. The fourth-order valence-electron chi connectivity index (χ4n) is 7.58. The number of nitrogens with two attached hydrogens (primary N) is 4. The standard InChI is InChI=1S/C45H41F5N8/c1-44(2,3)19-15-21(51)33(22(52)16-19)35-27-9-7-25(55-27)26-8-10-28(56-26)36(34-23(53)17-20(18-24(34)54)45(4,5)6)30-12-14-32(58-30)37(31-13-11-29(35)57-31)38-39(46)41(48)43(50)42(49)40(38)47/h7-18,55-57H,51-54H2,1-6H3. The number of anilines is 4. The predicted molar refractivity (Wildman–Crippen MR) is 226 cm³/mol. The minimum Gasteiger partial charge on any atom is -0.398 e. The SMILES string of the molecule is CC(C)(C)c1cc(N)c(-c2c3nc(c(-c4c(F)c(F)c(F)c(F)c4F)c4ccc([nH]4)c(-c4c(N)cc(C(C)(C)C)cc4N)c4ccc([nH]4)c4ccc2[nH]4)C=C3)c(N)c1. The lowest BCUT2D eigenvalue weighted by atomic mass is 9.84. The second-order valence-corrected chi connectivity index (χ2v) is 16.7. The summed E-state index contributed by atoms with van der Waals surface area (Å²) in [6.45, 7) is 12.2. The van der Waals surface area contributed by atoms with Gasteiger partial charge in [0, 0.05) is 72.6 Å². The molecule has 4 aromatic heterocycles. The van der Waals surface area contributed by atoms with Crippen LogP contribution in [0, 0.1) is 29.1 Å². The molecule has 0 unspecified atom stereocenters. The van der Waals surface area contributed by atoms with Crippen molar-refractivity contribution in [3.8, 4) is 33.4 Å². The molecule has 3 aromatic carbocycles. The molecule has 8 nitrogen and oxygen atoms in total. The van der Waals surface area contributed by atoms with Gasteiger partial charge in [0.15, 0.2) is 23.3 Å². The van der Waals surface area contributed by atoms with Crippen molar-refractivity contribution >= 4 is 68.0 Å². The molecule has 8 bridgehead atoms. The maximum absolute atomic E-state index is 15.9. The van der Waals surface area contributed by atoms with Crippen LogP contribution in [-0.2, 0) is 10.8 Å². The number of nitrogens with one attached hydrogen (secondary N) is 3. The van der Waals surface area contributed by atoms with Crippen LogP contribution in [0.2, 0.25) is 0 Å². The summed E-state index contributed by atoms with van der Waals surface area (Å²) in [6.07, 6.45) is 3.02. The Kier molecular flexibility index (Phi) is 8.65. The van der Waals surface area contributed by atoms with E-state index < -0.39 is 40.2 Å². The van der Waals surface area contributed by atoms with Crippen LogP contribution in [0.5, 0.6) is 0 Å². The number of halogens is 5. The molecule has 296 valence electrons. The first-order valence-corrected chi connectivity index (χ1v) is 18.5. The number of hydrogen-bond acceptors (Lipinski definition) is 5. The van der Waals surface area contributed by atoms with Crippen molar-refractivity contribution < 1.29 is 22.0 Å². The van der Waals surface area contributed by atoms with Crippen LogP contribution >= 0.6 is 0 Å². The van der Waals surface area contributed by atoms with Crippen LogP contribution in [-0.4, -0.2) is 19.9 Å². The van der Waals surface area contributed by atoms with E-state index in [-0.39, 0.29) is 27.7 Å². The molecule has 13 heteroatoms. The molecule has 1 aliphatic rings.